The minimum atomic E-state index is -0.0294. The van der Waals surface area contributed by atoms with Crippen LogP contribution in [-0.2, 0) is 4.79 Å². The monoisotopic (exact) mass is 248 g/mol. The molecule has 0 aliphatic heterocycles. The van der Waals surface area contributed by atoms with Gasteiger partial charge in [0.25, 0.3) is 0 Å². The topological polar surface area (TPSA) is 46.3 Å². The van der Waals surface area contributed by atoms with Crippen LogP contribution >= 0.6 is 12.4 Å². The van der Waals surface area contributed by atoms with Crippen molar-refractivity contribution >= 4 is 18.3 Å². The molecule has 2 N–H and O–H groups in total. The van der Waals surface area contributed by atoms with Gasteiger partial charge in [-0.05, 0) is 12.8 Å². The van der Waals surface area contributed by atoms with E-state index in [4.69, 9.17) is 5.73 Å². The first kappa shape index (κ1) is 15.7. The smallest absolute Gasteiger partial charge is 0.226 e. The second-order valence-electron chi connectivity index (χ2n) is 4.73. The highest BCUT2D eigenvalue weighted by Crippen LogP contribution is 2.21. The van der Waals surface area contributed by atoms with Gasteiger partial charge in [0.2, 0.25) is 5.91 Å². The largest absolute Gasteiger partial charge is 0.343 e. The molecule has 1 rings (SSSR count). The molecule has 0 heterocycles. The van der Waals surface area contributed by atoms with E-state index in [1.165, 1.54) is 38.5 Å². The Balaban J connectivity index is 0.00000225. The van der Waals surface area contributed by atoms with Crippen LogP contribution in [0.2, 0.25) is 0 Å². The number of carbonyl (C=O) groups is 1. The molecule has 0 aromatic heterocycles. The summed E-state index contributed by atoms with van der Waals surface area (Å²) in [6, 6.07) is 0.453. The molecule has 0 aromatic rings. The highest BCUT2D eigenvalue weighted by atomic mass is 35.5. The van der Waals surface area contributed by atoms with Crippen LogP contribution in [0.4, 0.5) is 0 Å². The highest BCUT2D eigenvalue weighted by molar-refractivity contribution is 5.85. The van der Waals surface area contributed by atoms with Gasteiger partial charge in [0.15, 0.2) is 0 Å². The number of halogens is 1. The van der Waals surface area contributed by atoms with Crippen LogP contribution in [0.1, 0.15) is 45.4 Å². The fraction of sp³-hybridized carbons (Fsp3) is 0.917. The Hall–Kier alpha value is -0.280. The van der Waals surface area contributed by atoms with Crippen LogP contribution in [-0.4, -0.2) is 30.4 Å². The molecule has 0 bridgehead atoms. The zero-order valence-corrected chi connectivity index (χ0v) is 11.3. The van der Waals surface area contributed by atoms with Gasteiger partial charge in [0, 0.05) is 25.6 Å². The van der Waals surface area contributed by atoms with E-state index in [1.807, 2.05) is 18.9 Å². The zero-order chi connectivity index (χ0) is 11.3. The third-order valence-electron chi connectivity index (χ3n) is 3.50. The maximum Gasteiger partial charge on any atom is 0.226 e. The maximum absolute atomic E-state index is 11.9. The second-order valence-corrected chi connectivity index (χ2v) is 4.73. The highest BCUT2D eigenvalue weighted by Gasteiger charge is 2.23. The quantitative estimate of drug-likeness (QED) is 0.779. The van der Waals surface area contributed by atoms with E-state index in [9.17, 15) is 4.79 Å². The van der Waals surface area contributed by atoms with Gasteiger partial charge in [0.1, 0.15) is 0 Å². The first-order valence-corrected chi connectivity index (χ1v) is 6.13. The number of nitrogens with zero attached hydrogens (tertiary/aromatic N) is 1. The predicted octanol–water partition coefficient (Wildman–Crippen LogP) is 2.18. The van der Waals surface area contributed by atoms with E-state index < -0.39 is 0 Å². The summed E-state index contributed by atoms with van der Waals surface area (Å²) >= 11 is 0. The summed E-state index contributed by atoms with van der Waals surface area (Å²) < 4.78 is 0. The summed E-state index contributed by atoms with van der Waals surface area (Å²) in [6.45, 7) is 2.37. The van der Waals surface area contributed by atoms with Gasteiger partial charge in [-0.2, -0.15) is 0 Å². The van der Waals surface area contributed by atoms with Crippen LogP contribution in [0.15, 0.2) is 0 Å². The van der Waals surface area contributed by atoms with Gasteiger partial charge in [-0.25, -0.2) is 0 Å². The lowest BCUT2D eigenvalue weighted by Crippen LogP contribution is -2.41. The predicted molar refractivity (Wildman–Crippen MR) is 69.7 cm³/mol. The molecule has 0 radical (unpaired) electrons. The number of rotatable bonds is 3. The van der Waals surface area contributed by atoms with Crippen molar-refractivity contribution in [3.05, 3.63) is 0 Å². The van der Waals surface area contributed by atoms with Crippen LogP contribution in [0, 0.1) is 5.92 Å². The average Bonchev–Trinajstić information content (AvgIpc) is 2.54. The Morgan fingerprint density at radius 3 is 2.25 bits per heavy atom. The molecule has 1 aliphatic rings. The molecule has 16 heavy (non-hydrogen) atoms. The van der Waals surface area contributed by atoms with Crippen LogP contribution in [0.3, 0.4) is 0 Å². The normalized spacial score (nSPS) is 19.4. The maximum atomic E-state index is 11.9. The summed E-state index contributed by atoms with van der Waals surface area (Å²) in [7, 11) is 1.94. The molecule has 0 saturated heterocycles. The lowest BCUT2D eigenvalue weighted by Gasteiger charge is -2.29. The zero-order valence-electron chi connectivity index (χ0n) is 10.4. The third kappa shape index (κ3) is 4.30. The molecule has 0 aromatic carbocycles. The standard InChI is InChI=1S/C12H24N2O.ClH/c1-10(9-13)12(15)14(2)11-7-5-3-4-6-8-11;/h10-11H,3-9,13H2,1-2H3;1H. The Kier molecular flexibility index (Phi) is 7.77. The van der Waals surface area contributed by atoms with Crippen molar-refractivity contribution in [3.8, 4) is 0 Å². The number of nitrogens with two attached hydrogens (primary N) is 1. The van der Waals surface area contributed by atoms with Gasteiger partial charge in [-0.1, -0.05) is 32.6 Å². The fourth-order valence-corrected chi connectivity index (χ4v) is 2.27. The molecule has 1 fully saturated rings. The van der Waals surface area contributed by atoms with Crippen molar-refractivity contribution in [1.82, 2.24) is 4.90 Å². The number of hydrogen-bond donors (Lipinski definition) is 1. The summed E-state index contributed by atoms with van der Waals surface area (Å²) in [6.07, 6.45) is 7.51. The third-order valence-corrected chi connectivity index (χ3v) is 3.50. The molecule has 1 atom stereocenters. The van der Waals surface area contributed by atoms with E-state index in [1.54, 1.807) is 0 Å². The first-order valence-electron chi connectivity index (χ1n) is 6.13. The van der Waals surface area contributed by atoms with Crippen molar-refractivity contribution in [1.29, 1.82) is 0 Å². The van der Waals surface area contributed by atoms with Gasteiger partial charge in [-0.15, -0.1) is 12.4 Å². The van der Waals surface area contributed by atoms with E-state index in [0.29, 0.717) is 12.6 Å². The molecule has 4 heteroatoms. The molecular formula is C12H25ClN2O. The van der Waals surface area contributed by atoms with Crippen molar-refractivity contribution in [2.45, 2.75) is 51.5 Å². The number of carbonyl (C=O) groups excluding carboxylic acids is 1. The van der Waals surface area contributed by atoms with Crippen LogP contribution < -0.4 is 5.73 Å². The molecule has 0 spiro atoms. The van der Waals surface area contributed by atoms with E-state index >= 15 is 0 Å². The van der Waals surface area contributed by atoms with Crippen LogP contribution in [0.5, 0.6) is 0 Å². The Morgan fingerprint density at radius 2 is 1.81 bits per heavy atom. The molecule has 3 nitrogen and oxygen atoms in total. The average molecular weight is 249 g/mol. The first-order chi connectivity index (χ1) is 7.16. The molecule has 96 valence electrons. The number of hydrogen-bond acceptors (Lipinski definition) is 2. The van der Waals surface area contributed by atoms with E-state index in [-0.39, 0.29) is 24.2 Å². The van der Waals surface area contributed by atoms with E-state index in [0.717, 1.165) is 0 Å². The minimum Gasteiger partial charge on any atom is -0.343 e. The second kappa shape index (κ2) is 7.91. The summed E-state index contributed by atoms with van der Waals surface area (Å²) in [5.74, 6) is 0.183. The summed E-state index contributed by atoms with van der Waals surface area (Å²) in [4.78, 5) is 13.9. The molecule has 1 amide bonds. The van der Waals surface area contributed by atoms with E-state index in [2.05, 4.69) is 0 Å². The molecule has 1 aliphatic carbocycles. The van der Waals surface area contributed by atoms with Crippen molar-refractivity contribution in [2.75, 3.05) is 13.6 Å². The summed E-state index contributed by atoms with van der Waals surface area (Å²) in [5, 5.41) is 0. The minimum absolute atomic E-state index is 0. The van der Waals surface area contributed by atoms with Crippen LogP contribution in [0.25, 0.3) is 0 Å². The lowest BCUT2D eigenvalue weighted by molar-refractivity contribution is -0.135. The van der Waals surface area contributed by atoms with Gasteiger partial charge < -0.3 is 10.6 Å². The Labute approximate surface area is 105 Å². The van der Waals surface area contributed by atoms with Gasteiger partial charge in [-0.3, -0.25) is 4.79 Å². The van der Waals surface area contributed by atoms with Crippen molar-refractivity contribution < 1.29 is 4.79 Å². The lowest BCUT2D eigenvalue weighted by atomic mass is 10.0. The van der Waals surface area contributed by atoms with Crippen molar-refractivity contribution in [3.63, 3.8) is 0 Å². The Bertz CT molecular complexity index is 203. The number of amides is 1. The van der Waals surface area contributed by atoms with Gasteiger partial charge >= 0.3 is 0 Å². The van der Waals surface area contributed by atoms with Gasteiger partial charge in [0.05, 0.1) is 0 Å². The molecule has 1 saturated carbocycles. The Morgan fingerprint density at radius 1 is 1.31 bits per heavy atom. The fourth-order valence-electron chi connectivity index (χ4n) is 2.27. The summed E-state index contributed by atoms with van der Waals surface area (Å²) in [5.41, 5.74) is 5.52. The molecule has 1 unspecified atom stereocenters. The van der Waals surface area contributed by atoms with Crippen molar-refractivity contribution in [2.24, 2.45) is 11.7 Å². The molecular weight excluding hydrogens is 224 g/mol. The SMILES string of the molecule is CC(CN)C(=O)N(C)C1CCCCCC1.Cl.